The van der Waals surface area contributed by atoms with Crippen LogP contribution in [0.1, 0.15) is 27.9 Å². The minimum atomic E-state index is -0.487. The molecule has 7 heteroatoms. The van der Waals surface area contributed by atoms with E-state index in [9.17, 15) is 10.1 Å². The number of rotatable bonds is 5. The van der Waals surface area contributed by atoms with E-state index in [1.165, 1.54) is 0 Å². The first kappa shape index (κ1) is 19.0. The molecule has 0 saturated carbocycles. The molecule has 7 nitrogen and oxygen atoms in total. The monoisotopic (exact) mass is 394 g/mol. The van der Waals surface area contributed by atoms with Gasteiger partial charge in [-0.05, 0) is 42.3 Å². The smallest absolute Gasteiger partial charge is 0.267 e. The lowest BCUT2D eigenvalue weighted by Crippen LogP contribution is -2.15. The molecule has 0 fully saturated rings. The Balaban J connectivity index is 1.74. The second-order valence-corrected chi connectivity index (χ2v) is 6.74. The number of H-pyrrole nitrogens is 1. The Morgan fingerprint density at radius 3 is 2.73 bits per heavy atom. The summed E-state index contributed by atoms with van der Waals surface area (Å²) in [6.07, 6.45) is 9.10. The first-order valence-corrected chi connectivity index (χ1v) is 9.35. The molecule has 3 aromatic heterocycles. The van der Waals surface area contributed by atoms with Crippen molar-refractivity contribution in [3.63, 3.8) is 0 Å². The summed E-state index contributed by atoms with van der Waals surface area (Å²) in [5, 5.41) is 20.4. The van der Waals surface area contributed by atoms with Crippen molar-refractivity contribution < 1.29 is 0 Å². The molecule has 0 amide bonds. The Morgan fingerprint density at radius 2 is 2.00 bits per heavy atom. The quantitative estimate of drug-likeness (QED) is 0.559. The topological polar surface area (TPSA) is 100 Å². The lowest BCUT2D eigenvalue weighted by atomic mass is 10.1. The van der Waals surface area contributed by atoms with E-state index in [0.29, 0.717) is 17.8 Å². The average Bonchev–Trinajstić information content (AvgIpc) is 3.17. The molecule has 0 spiro atoms. The summed E-state index contributed by atoms with van der Waals surface area (Å²) in [6, 6.07) is 15.8. The molecule has 146 valence electrons. The molecular weight excluding hydrogens is 376 g/mol. The second kappa shape index (κ2) is 8.37. The molecule has 0 saturated heterocycles. The van der Waals surface area contributed by atoms with Gasteiger partial charge in [-0.3, -0.25) is 14.5 Å². The van der Waals surface area contributed by atoms with Gasteiger partial charge in [0.25, 0.3) is 5.56 Å². The minimum Gasteiger partial charge on any atom is -0.267 e. The van der Waals surface area contributed by atoms with Gasteiger partial charge in [0.05, 0.1) is 12.2 Å². The highest BCUT2D eigenvalue weighted by molar-refractivity contribution is 5.78. The highest BCUT2D eigenvalue weighted by Gasteiger charge is 2.11. The lowest BCUT2D eigenvalue weighted by Gasteiger charge is -2.01. The molecule has 3 heterocycles. The molecule has 0 aliphatic heterocycles. The fraction of sp³-hybridized carbons (Fsp3) is 0.0870. The normalized spacial score (nSPS) is 10.9. The number of pyridine rings is 1. The van der Waals surface area contributed by atoms with Crippen LogP contribution < -0.4 is 5.56 Å². The van der Waals surface area contributed by atoms with E-state index in [-0.39, 0.29) is 5.56 Å². The number of benzene rings is 1. The first-order valence-electron chi connectivity index (χ1n) is 9.35. The standard InChI is InChI=1S/C23H18N6O/c1-16-20(12-24)23(30)27-26-21(16)10-9-19-15-29(14-17-6-3-2-4-7-17)28-22(19)18-8-5-11-25-13-18/h2-11,13,15H,14H2,1H3,(H,27,30)/b10-9+. The highest BCUT2D eigenvalue weighted by Crippen LogP contribution is 2.24. The number of nitrogens with zero attached hydrogens (tertiary/aromatic N) is 5. The lowest BCUT2D eigenvalue weighted by molar-refractivity contribution is 0.689. The molecule has 1 N–H and O–H groups in total. The Morgan fingerprint density at radius 1 is 1.17 bits per heavy atom. The maximum absolute atomic E-state index is 11.7. The molecule has 0 aliphatic carbocycles. The van der Waals surface area contributed by atoms with E-state index in [2.05, 4.69) is 27.3 Å². The minimum absolute atomic E-state index is 0.0666. The highest BCUT2D eigenvalue weighted by atomic mass is 16.1. The third-order valence-electron chi connectivity index (χ3n) is 4.71. The summed E-state index contributed by atoms with van der Waals surface area (Å²) in [5.74, 6) is 0. The van der Waals surface area contributed by atoms with E-state index in [1.54, 1.807) is 25.4 Å². The maximum Gasteiger partial charge on any atom is 0.282 e. The first-order chi connectivity index (χ1) is 14.7. The average molecular weight is 394 g/mol. The molecule has 0 atom stereocenters. The van der Waals surface area contributed by atoms with Gasteiger partial charge >= 0.3 is 0 Å². The second-order valence-electron chi connectivity index (χ2n) is 6.74. The summed E-state index contributed by atoms with van der Waals surface area (Å²) < 4.78 is 1.88. The van der Waals surface area contributed by atoms with Crippen LogP contribution >= 0.6 is 0 Å². The fourth-order valence-corrected chi connectivity index (χ4v) is 3.15. The van der Waals surface area contributed by atoms with Gasteiger partial charge in [-0.25, -0.2) is 5.10 Å². The van der Waals surface area contributed by atoms with Gasteiger partial charge in [0.15, 0.2) is 0 Å². The van der Waals surface area contributed by atoms with Crippen LogP contribution in [0, 0.1) is 18.3 Å². The zero-order chi connectivity index (χ0) is 20.9. The summed E-state index contributed by atoms with van der Waals surface area (Å²) in [7, 11) is 0. The molecule has 4 rings (SSSR count). The molecule has 1 aromatic carbocycles. The van der Waals surface area contributed by atoms with Crippen molar-refractivity contribution in [3.05, 3.63) is 99.4 Å². The summed E-state index contributed by atoms with van der Waals surface area (Å²) >= 11 is 0. The van der Waals surface area contributed by atoms with E-state index in [0.717, 1.165) is 22.4 Å². The van der Waals surface area contributed by atoms with Crippen molar-refractivity contribution >= 4 is 12.2 Å². The number of nitriles is 1. The molecule has 4 aromatic rings. The zero-order valence-electron chi connectivity index (χ0n) is 16.3. The van der Waals surface area contributed by atoms with Crippen molar-refractivity contribution in [2.75, 3.05) is 0 Å². The van der Waals surface area contributed by atoms with Crippen molar-refractivity contribution in [1.82, 2.24) is 25.0 Å². The number of aromatic nitrogens is 5. The van der Waals surface area contributed by atoms with Gasteiger partial charge in [0, 0.05) is 29.7 Å². The van der Waals surface area contributed by atoms with E-state index in [1.807, 2.05) is 53.4 Å². The van der Waals surface area contributed by atoms with Gasteiger partial charge < -0.3 is 0 Å². The van der Waals surface area contributed by atoms with Crippen LogP contribution in [0.5, 0.6) is 0 Å². The fourth-order valence-electron chi connectivity index (χ4n) is 3.15. The Kier molecular flexibility index (Phi) is 5.31. The van der Waals surface area contributed by atoms with Crippen LogP contribution in [0.4, 0.5) is 0 Å². The van der Waals surface area contributed by atoms with Crippen LogP contribution in [0.15, 0.2) is 65.8 Å². The van der Waals surface area contributed by atoms with Crippen LogP contribution in [0.2, 0.25) is 0 Å². The van der Waals surface area contributed by atoms with Crippen LogP contribution in [0.3, 0.4) is 0 Å². The van der Waals surface area contributed by atoms with Crippen LogP contribution in [-0.2, 0) is 6.54 Å². The third-order valence-corrected chi connectivity index (χ3v) is 4.71. The number of nitrogens with one attached hydrogen (secondary N) is 1. The van der Waals surface area contributed by atoms with Gasteiger partial charge in [0.2, 0.25) is 0 Å². The van der Waals surface area contributed by atoms with E-state index in [4.69, 9.17) is 5.10 Å². The van der Waals surface area contributed by atoms with Crippen LogP contribution in [0.25, 0.3) is 23.4 Å². The van der Waals surface area contributed by atoms with Gasteiger partial charge in [-0.1, -0.05) is 30.3 Å². The molecule has 0 radical (unpaired) electrons. The predicted octanol–water partition coefficient (Wildman–Crippen LogP) is 3.43. The van der Waals surface area contributed by atoms with Gasteiger partial charge in [-0.2, -0.15) is 15.5 Å². The van der Waals surface area contributed by atoms with Crippen molar-refractivity contribution in [2.24, 2.45) is 0 Å². The number of hydrogen-bond acceptors (Lipinski definition) is 5. The maximum atomic E-state index is 11.7. The van der Waals surface area contributed by atoms with Crippen LogP contribution in [-0.4, -0.2) is 25.0 Å². The summed E-state index contributed by atoms with van der Waals surface area (Å²) in [4.78, 5) is 15.9. The SMILES string of the molecule is Cc1c(/C=C/c2cn(Cc3ccccc3)nc2-c2cccnc2)n[nH]c(=O)c1C#N. The van der Waals surface area contributed by atoms with Crippen molar-refractivity contribution in [3.8, 4) is 17.3 Å². The third kappa shape index (κ3) is 3.93. The zero-order valence-corrected chi connectivity index (χ0v) is 16.3. The Labute approximate surface area is 173 Å². The van der Waals surface area contributed by atoms with E-state index >= 15 is 0 Å². The van der Waals surface area contributed by atoms with Crippen molar-refractivity contribution in [1.29, 1.82) is 5.26 Å². The predicted molar refractivity (Wildman–Crippen MR) is 114 cm³/mol. The van der Waals surface area contributed by atoms with Gasteiger partial charge in [-0.15, -0.1) is 0 Å². The Hall–Kier alpha value is -4.31. The van der Waals surface area contributed by atoms with Crippen molar-refractivity contribution in [2.45, 2.75) is 13.5 Å². The summed E-state index contributed by atoms with van der Waals surface area (Å²) in [5.41, 5.74) is 4.35. The van der Waals surface area contributed by atoms with E-state index < -0.39 is 5.56 Å². The Bertz CT molecular complexity index is 1300. The molecule has 0 unspecified atom stereocenters. The number of aromatic amines is 1. The molecule has 30 heavy (non-hydrogen) atoms. The van der Waals surface area contributed by atoms with Gasteiger partial charge in [0.1, 0.15) is 17.3 Å². The largest absolute Gasteiger partial charge is 0.282 e. The molecular formula is C23H18N6O. The molecule has 0 bridgehead atoms. The number of hydrogen-bond donors (Lipinski definition) is 1. The summed E-state index contributed by atoms with van der Waals surface area (Å²) in [6.45, 7) is 2.35. The molecule has 0 aliphatic rings.